The molecule has 2 heterocycles. The molecule has 2 N–H and O–H groups in total. The first kappa shape index (κ1) is 12.3. The Morgan fingerprint density at radius 2 is 2.38 bits per heavy atom. The van der Waals surface area contributed by atoms with Crippen LogP contribution in [0.25, 0.3) is 0 Å². The summed E-state index contributed by atoms with van der Waals surface area (Å²) in [6, 6.07) is 0.629. The van der Waals surface area contributed by atoms with Crippen molar-refractivity contribution in [3.8, 4) is 0 Å². The second-order valence-corrected chi connectivity index (χ2v) is 5.37. The summed E-state index contributed by atoms with van der Waals surface area (Å²) in [6.07, 6.45) is 5.32. The van der Waals surface area contributed by atoms with Gasteiger partial charge in [-0.25, -0.2) is 0 Å². The van der Waals surface area contributed by atoms with Crippen molar-refractivity contribution in [3.05, 3.63) is 0 Å². The zero-order valence-electron chi connectivity index (χ0n) is 10.5. The Kier molecular flexibility index (Phi) is 5.07. The number of nitrogens with one attached hydrogen (secondary N) is 2. The Morgan fingerprint density at radius 1 is 1.44 bits per heavy atom. The number of rotatable bonds is 6. The first-order chi connectivity index (χ1) is 7.86. The van der Waals surface area contributed by atoms with Crippen molar-refractivity contribution in [2.24, 2.45) is 11.8 Å². The summed E-state index contributed by atoms with van der Waals surface area (Å²) in [6.45, 7) is 7.87. The molecule has 3 nitrogen and oxygen atoms in total. The van der Waals surface area contributed by atoms with Gasteiger partial charge < -0.3 is 15.4 Å². The molecule has 0 amide bonds. The van der Waals surface area contributed by atoms with Gasteiger partial charge in [-0.3, -0.25) is 0 Å². The predicted molar refractivity (Wildman–Crippen MR) is 66.6 cm³/mol. The lowest BCUT2D eigenvalue weighted by Gasteiger charge is -2.19. The topological polar surface area (TPSA) is 33.3 Å². The SMILES string of the molecule is CC(NCCCC1CCNC1)C1CCOC1. The highest BCUT2D eigenvalue weighted by Crippen LogP contribution is 2.17. The number of ether oxygens (including phenoxy) is 1. The van der Waals surface area contributed by atoms with Gasteiger partial charge in [0.1, 0.15) is 0 Å². The molecular formula is C13H26N2O. The molecule has 3 heteroatoms. The van der Waals surface area contributed by atoms with Gasteiger partial charge in [-0.05, 0) is 64.1 Å². The van der Waals surface area contributed by atoms with Crippen LogP contribution in [0.4, 0.5) is 0 Å². The smallest absolute Gasteiger partial charge is 0.0509 e. The van der Waals surface area contributed by atoms with Crippen LogP contribution in [0.3, 0.4) is 0 Å². The third kappa shape index (κ3) is 3.72. The van der Waals surface area contributed by atoms with Gasteiger partial charge in [0.25, 0.3) is 0 Å². The molecule has 0 radical (unpaired) electrons. The van der Waals surface area contributed by atoms with Crippen LogP contribution in [-0.4, -0.2) is 38.9 Å². The minimum atomic E-state index is 0.629. The van der Waals surface area contributed by atoms with E-state index in [4.69, 9.17) is 4.74 Å². The summed E-state index contributed by atoms with van der Waals surface area (Å²) < 4.78 is 5.42. The lowest BCUT2D eigenvalue weighted by molar-refractivity contribution is 0.178. The summed E-state index contributed by atoms with van der Waals surface area (Å²) in [5, 5.41) is 7.08. The van der Waals surface area contributed by atoms with Crippen molar-refractivity contribution < 1.29 is 4.74 Å². The van der Waals surface area contributed by atoms with Crippen LogP contribution in [-0.2, 0) is 4.74 Å². The minimum Gasteiger partial charge on any atom is -0.381 e. The fraction of sp³-hybridized carbons (Fsp3) is 1.00. The Labute approximate surface area is 99.3 Å². The van der Waals surface area contributed by atoms with Crippen molar-refractivity contribution in [2.75, 3.05) is 32.8 Å². The molecular weight excluding hydrogens is 200 g/mol. The molecule has 3 atom stereocenters. The lowest BCUT2D eigenvalue weighted by atomic mass is 9.99. The van der Waals surface area contributed by atoms with Gasteiger partial charge in [-0.1, -0.05) is 0 Å². The van der Waals surface area contributed by atoms with Gasteiger partial charge in [-0.15, -0.1) is 0 Å². The van der Waals surface area contributed by atoms with Crippen LogP contribution in [0.15, 0.2) is 0 Å². The highest BCUT2D eigenvalue weighted by Gasteiger charge is 2.21. The Balaban J connectivity index is 1.50. The van der Waals surface area contributed by atoms with Crippen LogP contribution >= 0.6 is 0 Å². The van der Waals surface area contributed by atoms with Crippen LogP contribution in [0.2, 0.25) is 0 Å². The van der Waals surface area contributed by atoms with E-state index in [1.807, 2.05) is 0 Å². The molecule has 0 aromatic heterocycles. The maximum absolute atomic E-state index is 5.42. The van der Waals surface area contributed by atoms with E-state index in [1.165, 1.54) is 45.3 Å². The molecule has 94 valence electrons. The predicted octanol–water partition coefficient (Wildman–Crippen LogP) is 1.39. The highest BCUT2D eigenvalue weighted by atomic mass is 16.5. The second kappa shape index (κ2) is 6.58. The summed E-state index contributed by atoms with van der Waals surface area (Å²) in [5.74, 6) is 1.68. The second-order valence-electron chi connectivity index (χ2n) is 5.37. The van der Waals surface area contributed by atoms with Crippen molar-refractivity contribution in [1.82, 2.24) is 10.6 Å². The van der Waals surface area contributed by atoms with E-state index >= 15 is 0 Å². The standard InChI is InChI=1S/C13H26N2O/c1-11(13-5-8-16-10-13)15-6-2-3-12-4-7-14-9-12/h11-15H,2-10H2,1H3. The fourth-order valence-corrected chi connectivity index (χ4v) is 2.80. The number of hydrogen-bond donors (Lipinski definition) is 2. The monoisotopic (exact) mass is 226 g/mol. The molecule has 0 saturated carbocycles. The highest BCUT2D eigenvalue weighted by molar-refractivity contribution is 4.76. The van der Waals surface area contributed by atoms with Gasteiger partial charge >= 0.3 is 0 Å². The third-order valence-corrected chi connectivity index (χ3v) is 4.09. The summed E-state index contributed by atoms with van der Waals surface area (Å²) in [5.41, 5.74) is 0. The molecule has 2 aliphatic heterocycles. The molecule has 16 heavy (non-hydrogen) atoms. The summed E-state index contributed by atoms with van der Waals surface area (Å²) >= 11 is 0. The fourth-order valence-electron chi connectivity index (χ4n) is 2.80. The molecule has 0 bridgehead atoms. The van der Waals surface area contributed by atoms with Gasteiger partial charge in [0.2, 0.25) is 0 Å². The molecule has 0 aromatic carbocycles. The average Bonchev–Trinajstić information content (AvgIpc) is 2.96. The average molecular weight is 226 g/mol. The van der Waals surface area contributed by atoms with Gasteiger partial charge in [0, 0.05) is 12.6 Å². The Bertz CT molecular complexity index is 186. The van der Waals surface area contributed by atoms with Crippen LogP contribution in [0.5, 0.6) is 0 Å². The summed E-state index contributed by atoms with van der Waals surface area (Å²) in [7, 11) is 0. The maximum atomic E-state index is 5.42. The zero-order valence-corrected chi connectivity index (χ0v) is 10.5. The molecule has 2 rings (SSSR count). The van der Waals surface area contributed by atoms with Crippen molar-refractivity contribution in [3.63, 3.8) is 0 Å². The van der Waals surface area contributed by atoms with E-state index in [0.717, 1.165) is 25.0 Å². The van der Waals surface area contributed by atoms with Gasteiger partial charge in [-0.2, -0.15) is 0 Å². The normalized spacial score (nSPS) is 32.1. The molecule has 2 aliphatic rings. The van der Waals surface area contributed by atoms with Crippen LogP contribution in [0, 0.1) is 11.8 Å². The van der Waals surface area contributed by atoms with E-state index in [1.54, 1.807) is 0 Å². The van der Waals surface area contributed by atoms with Crippen molar-refractivity contribution in [2.45, 2.75) is 38.6 Å². The van der Waals surface area contributed by atoms with Crippen molar-refractivity contribution in [1.29, 1.82) is 0 Å². The first-order valence-electron chi connectivity index (χ1n) is 6.88. The van der Waals surface area contributed by atoms with E-state index < -0.39 is 0 Å². The van der Waals surface area contributed by atoms with E-state index in [9.17, 15) is 0 Å². The van der Waals surface area contributed by atoms with Gasteiger partial charge in [0.15, 0.2) is 0 Å². The summed E-state index contributed by atoms with van der Waals surface area (Å²) in [4.78, 5) is 0. The minimum absolute atomic E-state index is 0.629. The molecule has 2 saturated heterocycles. The Hall–Kier alpha value is -0.120. The van der Waals surface area contributed by atoms with E-state index in [2.05, 4.69) is 17.6 Å². The quantitative estimate of drug-likeness (QED) is 0.672. The molecule has 0 spiro atoms. The van der Waals surface area contributed by atoms with Gasteiger partial charge in [0.05, 0.1) is 6.61 Å². The Morgan fingerprint density at radius 3 is 3.06 bits per heavy atom. The van der Waals surface area contributed by atoms with E-state index in [-0.39, 0.29) is 0 Å². The van der Waals surface area contributed by atoms with Crippen LogP contribution < -0.4 is 10.6 Å². The molecule has 0 aromatic rings. The maximum Gasteiger partial charge on any atom is 0.0509 e. The third-order valence-electron chi connectivity index (χ3n) is 4.09. The number of hydrogen-bond acceptors (Lipinski definition) is 3. The first-order valence-corrected chi connectivity index (χ1v) is 6.88. The molecule has 3 unspecified atom stereocenters. The van der Waals surface area contributed by atoms with Crippen molar-refractivity contribution >= 4 is 0 Å². The molecule has 0 aliphatic carbocycles. The zero-order chi connectivity index (χ0) is 11.2. The molecule has 2 fully saturated rings. The largest absolute Gasteiger partial charge is 0.381 e. The van der Waals surface area contributed by atoms with E-state index in [0.29, 0.717) is 6.04 Å². The lowest BCUT2D eigenvalue weighted by Crippen LogP contribution is -2.34. The van der Waals surface area contributed by atoms with Crippen LogP contribution in [0.1, 0.15) is 32.6 Å².